The molecule has 132 valence electrons. The highest BCUT2D eigenvalue weighted by Crippen LogP contribution is 2.30. The second kappa shape index (κ2) is 7.36. The third-order valence-electron chi connectivity index (χ3n) is 3.99. The molecule has 0 radical (unpaired) electrons. The van der Waals surface area contributed by atoms with Crippen molar-refractivity contribution in [2.75, 3.05) is 32.5 Å². The zero-order valence-corrected chi connectivity index (χ0v) is 14.7. The quantitative estimate of drug-likeness (QED) is 0.771. The van der Waals surface area contributed by atoms with E-state index in [1.165, 1.54) is 14.2 Å². The van der Waals surface area contributed by atoms with Crippen LogP contribution in [0.15, 0.2) is 35.5 Å². The first kappa shape index (κ1) is 18.5. The second-order valence-corrected chi connectivity index (χ2v) is 6.00. The number of benzene rings is 1. The number of nitrogens with zero attached hydrogens (tertiary/aromatic N) is 2. The molecule has 0 atom stereocenters. The monoisotopic (exact) mass is 344 g/mol. The molecule has 0 unspecified atom stereocenters. The lowest BCUT2D eigenvalue weighted by Crippen LogP contribution is -2.38. The molecule has 0 spiro atoms. The van der Waals surface area contributed by atoms with E-state index in [2.05, 4.69) is 6.07 Å². The molecule has 25 heavy (non-hydrogen) atoms. The summed E-state index contributed by atoms with van der Waals surface area (Å²) < 4.78 is 15.0. The van der Waals surface area contributed by atoms with Crippen LogP contribution >= 0.6 is 0 Å². The summed E-state index contributed by atoms with van der Waals surface area (Å²) >= 11 is 0. The third-order valence-corrected chi connectivity index (χ3v) is 3.99. The van der Waals surface area contributed by atoms with Gasteiger partial charge in [-0.1, -0.05) is 12.1 Å². The van der Waals surface area contributed by atoms with Crippen molar-refractivity contribution in [2.45, 2.75) is 19.3 Å². The molecule has 7 nitrogen and oxygen atoms in total. The molecule has 0 bridgehead atoms. The first-order valence-corrected chi connectivity index (χ1v) is 7.62. The van der Waals surface area contributed by atoms with Crippen LogP contribution in [0.2, 0.25) is 0 Å². The van der Waals surface area contributed by atoms with Gasteiger partial charge in [0.25, 0.3) is 0 Å². The van der Waals surface area contributed by atoms with Crippen LogP contribution in [0.3, 0.4) is 0 Å². The Kier molecular flexibility index (Phi) is 5.45. The fourth-order valence-electron chi connectivity index (χ4n) is 2.47. The predicted octanol–water partition coefficient (Wildman–Crippen LogP) is 1.88. The number of hydrogen-bond acceptors (Lipinski definition) is 7. The largest absolute Gasteiger partial charge is 0.466 e. The lowest BCUT2D eigenvalue weighted by Gasteiger charge is -2.32. The van der Waals surface area contributed by atoms with E-state index in [4.69, 9.17) is 14.2 Å². The van der Waals surface area contributed by atoms with E-state index < -0.39 is 17.4 Å². The summed E-state index contributed by atoms with van der Waals surface area (Å²) in [5.41, 5.74) is 0.856. The standard InChI is InChI=1S/C18H20N2O5/c1-18(2,10-19)12-6-5-7-13(8-12)20-11-25-9-14(16(21)23-3)15(20)17(22)24-4/h5-8H,9,11H2,1-4H3. The number of nitriles is 1. The molecule has 0 N–H and O–H groups in total. The summed E-state index contributed by atoms with van der Waals surface area (Å²) in [5, 5.41) is 9.34. The first-order valence-electron chi connectivity index (χ1n) is 7.62. The highest BCUT2D eigenvalue weighted by atomic mass is 16.5. The minimum Gasteiger partial charge on any atom is -0.466 e. The van der Waals surface area contributed by atoms with Gasteiger partial charge >= 0.3 is 11.9 Å². The van der Waals surface area contributed by atoms with Crippen molar-refractivity contribution < 1.29 is 23.8 Å². The fourth-order valence-corrected chi connectivity index (χ4v) is 2.47. The molecule has 0 fully saturated rings. The lowest BCUT2D eigenvalue weighted by atomic mass is 9.86. The number of carbonyl (C=O) groups excluding carboxylic acids is 2. The van der Waals surface area contributed by atoms with E-state index in [0.29, 0.717) is 5.69 Å². The number of ether oxygens (including phenoxy) is 3. The maximum absolute atomic E-state index is 12.3. The molecule has 0 aromatic heterocycles. The van der Waals surface area contributed by atoms with Crippen LogP contribution in [0.4, 0.5) is 5.69 Å². The van der Waals surface area contributed by atoms with E-state index in [-0.39, 0.29) is 24.6 Å². The van der Waals surface area contributed by atoms with Crippen LogP contribution in [0.25, 0.3) is 0 Å². The van der Waals surface area contributed by atoms with E-state index in [1.54, 1.807) is 36.9 Å². The zero-order valence-electron chi connectivity index (χ0n) is 14.7. The van der Waals surface area contributed by atoms with E-state index in [1.807, 2.05) is 6.07 Å². The molecule has 1 heterocycles. The molecule has 1 aliphatic rings. The van der Waals surface area contributed by atoms with Crippen LogP contribution in [-0.4, -0.2) is 39.5 Å². The van der Waals surface area contributed by atoms with Crippen molar-refractivity contribution in [3.63, 3.8) is 0 Å². The molecule has 0 saturated heterocycles. The third kappa shape index (κ3) is 3.64. The summed E-state index contributed by atoms with van der Waals surface area (Å²) in [5.74, 6) is -1.31. The maximum atomic E-state index is 12.3. The van der Waals surface area contributed by atoms with Gasteiger partial charge in [0.05, 0.1) is 37.9 Å². The minimum absolute atomic E-state index is 0.0447. The van der Waals surface area contributed by atoms with Gasteiger partial charge in [-0.25, -0.2) is 9.59 Å². The molecule has 0 saturated carbocycles. The highest BCUT2D eigenvalue weighted by Gasteiger charge is 2.33. The first-order chi connectivity index (χ1) is 11.9. The topological polar surface area (TPSA) is 88.9 Å². The molecular formula is C18H20N2O5. The molecule has 0 amide bonds. The van der Waals surface area contributed by atoms with Gasteiger partial charge in [-0.05, 0) is 31.5 Å². The average molecular weight is 344 g/mol. The summed E-state index contributed by atoms with van der Waals surface area (Å²) in [6.07, 6.45) is 0. The van der Waals surface area contributed by atoms with Crippen molar-refractivity contribution in [3.05, 3.63) is 41.1 Å². The van der Waals surface area contributed by atoms with Crippen molar-refractivity contribution in [2.24, 2.45) is 0 Å². The Morgan fingerprint density at radius 3 is 2.52 bits per heavy atom. The van der Waals surface area contributed by atoms with Gasteiger partial charge in [0.2, 0.25) is 0 Å². The van der Waals surface area contributed by atoms with Crippen LogP contribution in [-0.2, 0) is 29.2 Å². The lowest BCUT2D eigenvalue weighted by molar-refractivity contribution is -0.140. The Morgan fingerprint density at radius 1 is 1.24 bits per heavy atom. The van der Waals surface area contributed by atoms with E-state index >= 15 is 0 Å². The Balaban J connectivity index is 2.57. The van der Waals surface area contributed by atoms with Gasteiger partial charge in [-0.15, -0.1) is 0 Å². The Morgan fingerprint density at radius 2 is 1.92 bits per heavy atom. The molecular weight excluding hydrogens is 324 g/mol. The van der Waals surface area contributed by atoms with Crippen LogP contribution in [0.1, 0.15) is 19.4 Å². The normalized spacial score (nSPS) is 14.8. The van der Waals surface area contributed by atoms with Crippen LogP contribution < -0.4 is 4.90 Å². The number of methoxy groups -OCH3 is 2. The summed E-state index contributed by atoms with van der Waals surface area (Å²) in [7, 11) is 2.48. The Bertz CT molecular complexity index is 761. The average Bonchev–Trinajstić information content (AvgIpc) is 2.66. The number of rotatable bonds is 4. The van der Waals surface area contributed by atoms with Gasteiger partial charge in [-0.3, -0.25) is 0 Å². The number of esters is 2. The maximum Gasteiger partial charge on any atom is 0.355 e. The fraction of sp³-hybridized carbons (Fsp3) is 0.389. The van der Waals surface area contributed by atoms with Gasteiger partial charge in [-0.2, -0.15) is 5.26 Å². The summed E-state index contributed by atoms with van der Waals surface area (Å²) in [6.45, 7) is 3.63. The predicted molar refractivity (Wildman–Crippen MR) is 89.4 cm³/mol. The Hall–Kier alpha value is -2.85. The smallest absolute Gasteiger partial charge is 0.355 e. The van der Waals surface area contributed by atoms with Crippen LogP contribution in [0, 0.1) is 11.3 Å². The van der Waals surface area contributed by atoms with E-state index in [0.717, 1.165) is 5.56 Å². The van der Waals surface area contributed by atoms with Gasteiger partial charge in [0.15, 0.2) is 0 Å². The molecule has 1 aromatic carbocycles. The van der Waals surface area contributed by atoms with Gasteiger partial charge < -0.3 is 19.1 Å². The van der Waals surface area contributed by atoms with Crippen LogP contribution in [0.5, 0.6) is 0 Å². The number of carbonyl (C=O) groups is 2. The molecule has 7 heteroatoms. The zero-order chi connectivity index (χ0) is 18.6. The minimum atomic E-state index is -0.701. The SMILES string of the molecule is COC(=O)C1=C(C(=O)OC)N(c2cccc(C(C)(C)C#N)c2)COC1. The number of anilines is 1. The van der Waals surface area contributed by atoms with Crippen molar-refractivity contribution in [1.29, 1.82) is 5.26 Å². The van der Waals surface area contributed by atoms with Gasteiger partial charge in [0, 0.05) is 5.69 Å². The van der Waals surface area contributed by atoms with Crippen molar-refractivity contribution in [1.82, 2.24) is 0 Å². The second-order valence-electron chi connectivity index (χ2n) is 6.00. The summed E-state index contributed by atoms with van der Waals surface area (Å²) in [6, 6.07) is 9.41. The molecule has 2 rings (SSSR count). The summed E-state index contributed by atoms with van der Waals surface area (Å²) in [4.78, 5) is 25.8. The highest BCUT2D eigenvalue weighted by molar-refractivity contribution is 6.03. The number of hydrogen-bond donors (Lipinski definition) is 0. The molecule has 1 aliphatic heterocycles. The van der Waals surface area contributed by atoms with E-state index in [9.17, 15) is 14.9 Å². The molecule has 0 aliphatic carbocycles. The van der Waals surface area contributed by atoms with Crippen molar-refractivity contribution in [3.8, 4) is 6.07 Å². The van der Waals surface area contributed by atoms with Crippen molar-refractivity contribution >= 4 is 17.6 Å². The Labute approximate surface area is 146 Å². The van der Waals surface area contributed by atoms with Gasteiger partial charge in [0.1, 0.15) is 12.4 Å². The molecule has 1 aromatic rings.